The first kappa shape index (κ1) is 32.1. The molecule has 0 bridgehead atoms. The first-order chi connectivity index (χ1) is 16.8. The lowest BCUT2D eigenvalue weighted by Crippen LogP contribution is -2.64. The van der Waals surface area contributed by atoms with Gasteiger partial charge in [-0.2, -0.15) is 0 Å². The number of Topliss-reactive ketones (excluding diaryl/α,β-unsaturated/α-hetero) is 1. The van der Waals surface area contributed by atoms with Crippen LogP contribution < -0.4 is 43.8 Å². The minimum absolute atomic E-state index is 0.113. The summed E-state index contributed by atoms with van der Waals surface area (Å²) in [6, 6.07) is -3.17. The maximum atomic E-state index is 12.9. The van der Waals surface area contributed by atoms with Crippen LogP contribution in [0.25, 0.3) is 0 Å². The monoisotopic (exact) mass is 513 g/mol. The van der Waals surface area contributed by atoms with Crippen molar-refractivity contribution >= 4 is 47.9 Å². The van der Waals surface area contributed by atoms with Crippen molar-refractivity contribution in [2.75, 3.05) is 6.54 Å². The standard InChI is InChI=1S/C20H35N9O7/c1-10(25-12(3)33)18(35)29-17(27-14(9-31)7-15(21)34)19(36)28-16(11(2)32)26-13(8-30)5-4-6-24-20(22)23/h8-10,13-14,16-17,26-27H,4-7H2,1-3H3,(H2,21,34)(H,25,33)(H,28,36)(H,29,35)(H4,22,23,24)/t10-,13+,14+,16-,17+/m0/s1. The van der Waals surface area contributed by atoms with E-state index in [0.29, 0.717) is 19.0 Å². The summed E-state index contributed by atoms with van der Waals surface area (Å²) in [6.07, 6.45) is -1.98. The number of nitrogens with two attached hydrogens (primary N) is 3. The molecule has 0 aliphatic rings. The van der Waals surface area contributed by atoms with Crippen LogP contribution in [0.2, 0.25) is 0 Å². The summed E-state index contributed by atoms with van der Waals surface area (Å²) in [6.45, 7) is 3.93. The van der Waals surface area contributed by atoms with Crippen LogP contribution in [0, 0.1) is 0 Å². The van der Waals surface area contributed by atoms with E-state index in [4.69, 9.17) is 17.2 Å². The zero-order valence-corrected chi connectivity index (χ0v) is 20.4. The number of ketones is 1. The number of amides is 4. The molecule has 0 aliphatic carbocycles. The van der Waals surface area contributed by atoms with Gasteiger partial charge in [-0.05, 0) is 26.7 Å². The molecule has 0 aromatic heterocycles. The average Bonchev–Trinajstić information content (AvgIpc) is 2.77. The van der Waals surface area contributed by atoms with Crippen LogP contribution in [0.1, 0.15) is 40.0 Å². The Bertz CT molecular complexity index is 845. The minimum Gasteiger partial charge on any atom is -0.370 e. The molecule has 4 amide bonds. The molecule has 0 aromatic carbocycles. The normalized spacial score (nSPS) is 14.6. The van der Waals surface area contributed by atoms with Crippen molar-refractivity contribution in [1.29, 1.82) is 0 Å². The number of carbonyl (C=O) groups is 7. The average molecular weight is 514 g/mol. The predicted molar refractivity (Wildman–Crippen MR) is 128 cm³/mol. The predicted octanol–water partition coefficient (Wildman–Crippen LogP) is -4.77. The van der Waals surface area contributed by atoms with Gasteiger partial charge in [-0.1, -0.05) is 0 Å². The molecule has 0 fully saturated rings. The molecule has 0 saturated carbocycles. The zero-order chi connectivity index (χ0) is 27.8. The van der Waals surface area contributed by atoms with E-state index >= 15 is 0 Å². The minimum atomic E-state index is -1.62. The van der Waals surface area contributed by atoms with Gasteiger partial charge < -0.3 is 42.7 Å². The Morgan fingerprint density at radius 1 is 0.833 bits per heavy atom. The van der Waals surface area contributed by atoms with Crippen LogP contribution in [-0.4, -0.2) is 84.9 Å². The molecule has 0 unspecified atom stereocenters. The first-order valence-electron chi connectivity index (χ1n) is 10.9. The number of carbonyl (C=O) groups excluding carboxylic acids is 7. The first-order valence-corrected chi connectivity index (χ1v) is 10.9. The van der Waals surface area contributed by atoms with Crippen LogP contribution in [0.4, 0.5) is 0 Å². The molecule has 11 N–H and O–H groups in total. The molecule has 0 aliphatic heterocycles. The molecule has 16 heteroatoms. The summed E-state index contributed by atoms with van der Waals surface area (Å²) in [7, 11) is 0. The van der Waals surface area contributed by atoms with Gasteiger partial charge in [-0.15, -0.1) is 0 Å². The van der Waals surface area contributed by atoms with Gasteiger partial charge in [0.25, 0.3) is 5.91 Å². The molecule has 0 rings (SSSR count). The fraction of sp³-hybridized carbons (Fsp3) is 0.600. The molecule has 0 aromatic rings. The van der Waals surface area contributed by atoms with Crippen LogP contribution >= 0.6 is 0 Å². The Balaban J connectivity index is 5.56. The molecule has 0 radical (unpaired) electrons. The van der Waals surface area contributed by atoms with E-state index in [1.54, 1.807) is 0 Å². The van der Waals surface area contributed by atoms with Gasteiger partial charge in [0, 0.05) is 19.9 Å². The molecule has 5 atom stereocenters. The molecule has 0 spiro atoms. The number of aliphatic imine (C=N–C) groups is 1. The molecular formula is C20H35N9O7. The molecule has 0 heterocycles. The van der Waals surface area contributed by atoms with E-state index in [2.05, 4.69) is 31.6 Å². The van der Waals surface area contributed by atoms with E-state index in [-0.39, 0.29) is 18.9 Å². The van der Waals surface area contributed by atoms with Gasteiger partial charge in [0.2, 0.25) is 17.7 Å². The van der Waals surface area contributed by atoms with Crippen LogP contribution in [-0.2, 0) is 33.6 Å². The lowest BCUT2D eigenvalue weighted by molar-refractivity contribution is -0.134. The number of primary amides is 1. The second kappa shape index (κ2) is 16.7. The summed E-state index contributed by atoms with van der Waals surface area (Å²) >= 11 is 0. The fourth-order valence-electron chi connectivity index (χ4n) is 2.81. The summed E-state index contributed by atoms with van der Waals surface area (Å²) in [5.41, 5.74) is 15.6. The smallest absolute Gasteiger partial charge is 0.259 e. The van der Waals surface area contributed by atoms with Gasteiger partial charge in [0.05, 0.1) is 12.1 Å². The Hall–Kier alpha value is -3.92. The molecule has 36 heavy (non-hydrogen) atoms. The number of hydrogen-bond acceptors (Lipinski definition) is 10. The van der Waals surface area contributed by atoms with E-state index in [9.17, 15) is 33.6 Å². The maximum Gasteiger partial charge on any atom is 0.259 e. The Labute approximate surface area is 207 Å². The highest BCUT2D eigenvalue weighted by molar-refractivity contribution is 5.94. The van der Waals surface area contributed by atoms with Crippen molar-refractivity contribution in [3.63, 3.8) is 0 Å². The van der Waals surface area contributed by atoms with Gasteiger partial charge in [-0.25, -0.2) is 0 Å². The Morgan fingerprint density at radius 2 is 1.39 bits per heavy atom. The van der Waals surface area contributed by atoms with E-state index in [0.717, 1.165) is 6.92 Å². The topological polar surface area (TPSA) is 270 Å². The fourth-order valence-corrected chi connectivity index (χ4v) is 2.81. The van der Waals surface area contributed by atoms with Gasteiger partial charge in [-0.3, -0.25) is 39.6 Å². The van der Waals surface area contributed by atoms with Gasteiger partial charge >= 0.3 is 0 Å². The summed E-state index contributed by atoms with van der Waals surface area (Å²) in [4.78, 5) is 86.5. The third-order valence-corrected chi connectivity index (χ3v) is 4.53. The lowest BCUT2D eigenvalue weighted by atomic mass is 10.1. The molecule has 16 nitrogen and oxygen atoms in total. The number of nitrogens with zero attached hydrogens (tertiary/aromatic N) is 1. The highest BCUT2D eigenvalue weighted by atomic mass is 16.2. The molecule has 202 valence electrons. The number of nitrogens with one attached hydrogen (secondary N) is 5. The number of guanidine groups is 1. The SMILES string of the molecule is CC(=O)N[C@@H](C)C(=O)N[C@@H](N[C@@H](C=O)CC(N)=O)C(=O)N[C@H](N[C@@H](C=O)CCCN=C(N)N)C(C)=O. The zero-order valence-electron chi connectivity index (χ0n) is 20.4. The second-order valence-electron chi connectivity index (χ2n) is 7.85. The van der Waals surface area contributed by atoms with Crippen LogP contribution in [0.15, 0.2) is 4.99 Å². The van der Waals surface area contributed by atoms with E-state index in [1.807, 2.05) is 0 Å². The highest BCUT2D eigenvalue weighted by Gasteiger charge is 2.30. The maximum absolute atomic E-state index is 12.9. The largest absolute Gasteiger partial charge is 0.370 e. The van der Waals surface area contributed by atoms with Gasteiger partial charge in [0.15, 0.2) is 17.9 Å². The van der Waals surface area contributed by atoms with Crippen molar-refractivity contribution in [2.24, 2.45) is 22.2 Å². The third-order valence-electron chi connectivity index (χ3n) is 4.53. The summed E-state index contributed by atoms with van der Waals surface area (Å²) < 4.78 is 0. The quantitative estimate of drug-likeness (QED) is 0.0283. The molecule has 0 saturated heterocycles. The third kappa shape index (κ3) is 13.7. The van der Waals surface area contributed by atoms with Crippen molar-refractivity contribution < 1.29 is 33.6 Å². The van der Waals surface area contributed by atoms with E-state index in [1.165, 1.54) is 13.8 Å². The number of rotatable bonds is 18. The van der Waals surface area contributed by atoms with Crippen molar-refractivity contribution in [3.05, 3.63) is 0 Å². The van der Waals surface area contributed by atoms with Crippen molar-refractivity contribution in [1.82, 2.24) is 26.6 Å². The summed E-state index contributed by atoms with van der Waals surface area (Å²) in [5, 5.41) is 12.1. The highest BCUT2D eigenvalue weighted by Crippen LogP contribution is 1.99. The van der Waals surface area contributed by atoms with Crippen LogP contribution in [0.5, 0.6) is 0 Å². The second-order valence-corrected chi connectivity index (χ2v) is 7.85. The number of aldehydes is 2. The van der Waals surface area contributed by atoms with Crippen molar-refractivity contribution in [3.8, 4) is 0 Å². The summed E-state index contributed by atoms with van der Waals surface area (Å²) in [5.74, 6) is -3.83. The Kier molecular flexibility index (Phi) is 14.8. The Morgan fingerprint density at radius 3 is 1.86 bits per heavy atom. The number of hydrogen-bond donors (Lipinski definition) is 8. The van der Waals surface area contributed by atoms with Gasteiger partial charge in [0.1, 0.15) is 24.8 Å². The van der Waals surface area contributed by atoms with E-state index < -0.39 is 66.3 Å². The lowest BCUT2D eigenvalue weighted by Gasteiger charge is -2.27. The van der Waals surface area contributed by atoms with Crippen LogP contribution in [0.3, 0.4) is 0 Å². The van der Waals surface area contributed by atoms with Crippen molar-refractivity contribution in [2.45, 2.75) is 70.5 Å². The molecular weight excluding hydrogens is 478 g/mol.